The van der Waals surface area contributed by atoms with E-state index in [2.05, 4.69) is 10.6 Å². The van der Waals surface area contributed by atoms with Gasteiger partial charge in [-0.15, -0.1) is 0 Å². The van der Waals surface area contributed by atoms with Gasteiger partial charge in [-0.1, -0.05) is 29.8 Å². The molecule has 21 heavy (non-hydrogen) atoms. The fraction of sp³-hybridized carbons (Fsp3) is 0.188. The molecule has 0 bridgehead atoms. The topological polar surface area (TPSA) is 50.4 Å². The maximum absolute atomic E-state index is 11.9. The van der Waals surface area contributed by atoms with Gasteiger partial charge < -0.3 is 15.4 Å². The first-order chi connectivity index (χ1) is 10.1. The van der Waals surface area contributed by atoms with Gasteiger partial charge in [0.15, 0.2) is 0 Å². The molecular formula is C16H17ClN2O2. The average molecular weight is 305 g/mol. The third-order valence-corrected chi connectivity index (χ3v) is 3.26. The number of hydrogen-bond donors (Lipinski definition) is 2. The summed E-state index contributed by atoms with van der Waals surface area (Å²) in [6, 6.07) is 12.9. The molecule has 1 amide bonds. The van der Waals surface area contributed by atoms with Crippen molar-refractivity contribution in [3.8, 4) is 5.75 Å². The van der Waals surface area contributed by atoms with Crippen molar-refractivity contribution in [1.29, 1.82) is 0 Å². The fourth-order valence-electron chi connectivity index (χ4n) is 1.88. The standard InChI is InChI=1S/C16H17ClN2O2/c1-11-7-8-13(12(17)9-11)19-16(20)10-18-14-5-3-4-6-15(14)21-2/h3-9,18H,10H2,1-2H3,(H,19,20). The summed E-state index contributed by atoms with van der Waals surface area (Å²) >= 11 is 6.08. The van der Waals surface area contributed by atoms with Crippen molar-refractivity contribution < 1.29 is 9.53 Å². The number of carbonyl (C=O) groups is 1. The molecule has 0 unspecified atom stereocenters. The number of anilines is 2. The van der Waals surface area contributed by atoms with Crippen LogP contribution in [0.1, 0.15) is 5.56 Å². The van der Waals surface area contributed by atoms with Crippen LogP contribution in [0.4, 0.5) is 11.4 Å². The SMILES string of the molecule is COc1ccccc1NCC(=O)Nc1ccc(C)cc1Cl. The number of halogens is 1. The van der Waals surface area contributed by atoms with Crippen molar-refractivity contribution in [2.24, 2.45) is 0 Å². The number of hydrogen-bond acceptors (Lipinski definition) is 3. The molecule has 0 aromatic heterocycles. The van der Waals surface area contributed by atoms with Crippen LogP contribution in [0.15, 0.2) is 42.5 Å². The van der Waals surface area contributed by atoms with Gasteiger partial charge in [0.25, 0.3) is 0 Å². The molecule has 0 fully saturated rings. The number of methoxy groups -OCH3 is 1. The smallest absolute Gasteiger partial charge is 0.243 e. The highest BCUT2D eigenvalue weighted by Crippen LogP contribution is 2.24. The van der Waals surface area contributed by atoms with Gasteiger partial charge in [0.2, 0.25) is 5.91 Å². The van der Waals surface area contributed by atoms with Crippen LogP contribution in [0, 0.1) is 6.92 Å². The van der Waals surface area contributed by atoms with Crippen LogP contribution in [0.25, 0.3) is 0 Å². The summed E-state index contributed by atoms with van der Waals surface area (Å²) in [7, 11) is 1.59. The Labute approximate surface area is 129 Å². The van der Waals surface area contributed by atoms with Gasteiger partial charge in [0.05, 0.1) is 30.1 Å². The zero-order valence-electron chi connectivity index (χ0n) is 11.9. The van der Waals surface area contributed by atoms with Crippen LogP contribution < -0.4 is 15.4 Å². The summed E-state index contributed by atoms with van der Waals surface area (Å²) in [5.74, 6) is 0.519. The van der Waals surface area contributed by atoms with Gasteiger partial charge in [-0.3, -0.25) is 4.79 Å². The molecule has 0 atom stereocenters. The zero-order chi connectivity index (χ0) is 15.2. The number of amides is 1. The predicted octanol–water partition coefficient (Wildman–Crippen LogP) is 3.71. The van der Waals surface area contributed by atoms with E-state index < -0.39 is 0 Å². The van der Waals surface area contributed by atoms with Gasteiger partial charge in [-0.05, 0) is 36.8 Å². The molecule has 0 saturated heterocycles. The summed E-state index contributed by atoms with van der Waals surface area (Å²) in [4.78, 5) is 11.9. The van der Waals surface area contributed by atoms with Crippen LogP contribution in [0.5, 0.6) is 5.75 Å². The van der Waals surface area contributed by atoms with E-state index in [4.69, 9.17) is 16.3 Å². The minimum absolute atomic E-state index is 0.130. The second kappa shape index (κ2) is 6.99. The lowest BCUT2D eigenvalue weighted by Gasteiger charge is -2.11. The lowest BCUT2D eigenvalue weighted by atomic mass is 10.2. The second-order valence-electron chi connectivity index (χ2n) is 4.59. The van der Waals surface area contributed by atoms with Crippen LogP contribution in [-0.4, -0.2) is 19.6 Å². The number of aryl methyl sites for hydroxylation is 1. The highest BCUT2D eigenvalue weighted by molar-refractivity contribution is 6.33. The Kier molecular flexibility index (Phi) is 5.06. The Morgan fingerprint density at radius 2 is 1.95 bits per heavy atom. The zero-order valence-corrected chi connectivity index (χ0v) is 12.7. The first-order valence-electron chi connectivity index (χ1n) is 6.53. The molecule has 0 radical (unpaired) electrons. The number of benzene rings is 2. The molecule has 2 aromatic rings. The van der Waals surface area contributed by atoms with E-state index in [-0.39, 0.29) is 12.5 Å². The van der Waals surface area contributed by atoms with Crippen LogP contribution in [0.3, 0.4) is 0 Å². The third-order valence-electron chi connectivity index (χ3n) is 2.95. The summed E-state index contributed by atoms with van der Waals surface area (Å²) in [5.41, 5.74) is 2.42. The molecule has 0 aliphatic carbocycles. The molecule has 110 valence electrons. The summed E-state index contributed by atoms with van der Waals surface area (Å²) in [5, 5.41) is 6.33. The van der Waals surface area contributed by atoms with Gasteiger partial charge in [0, 0.05) is 0 Å². The number of ether oxygens (including phenoxy) is 1. The van der Waals surface area contributed by atoms with Gasteiger partial charge in [-0.25, -0.2) is 0 Å². The Bertz CT molecular complexity index is 644. The number of rotatable bonds is 5. The monoisotopic (exact) mass is 304 g/mol. The summed E-state index contributed by atoms with van der Waals surface area (Å²) in [6.45, 7) is 2.07. The Morgan fingerprint density at radius 3 is 2.67 bits per heavy atom. The molecule has 0 saturated carbocycles. The third kappa shape index (κ3) is 4.13. The molecule has 0 aliphatic heterocycles. The van der Waals surface area contributed by atoms with Crippen LogP contribution >= 0.6 is 11.6 Å². The summed E-state index contributed by atoms with van der Waals surface area (Å²) < 4.78 is 5.21. The summed E-state index contributed by atoms with van der Waals surface area (Å²) in [6.07, 6.45) is 0. The number of para-hydroxylation sites is 2. The largest absolute Gasteiger partial charge is 0.495 e. The van der Waals surface area contributed by atoms with Gasteiger partial charge in [-0.2, -0.15) is 0 Å². The molecule has 5 heteroatoms. The van der Waals surface area contributed by atoms with Crippen molar-refractivity contribution >= 4 is 28.9 Å². The molecule has 0 heterocycles. The molecule has 2 aromatic carbocycles. The van der Waals surface area contributed by atoms with Crippen LogP contribution in [0.2, 0.25) is 5.02 Å². The van der Waals surface area contributed by atoms with E-state index in [1.54, 1.807) is 13.2 Å². The predicted molar refractivity (Wildman–Crippen MR) is 86.3 cm³/mol. The van der Waals surface area contributed by atoms with Crippen LogP contribution in [-0.2, 0) is 4.79 Å². The number of carbonyl (C=O) groups excluding carboxylic acids is 1. The molecule has 0 spiro atoms. The van der Waals surface area contributed by atoms with E-state index in [0.29, 0.717) is 16.5 Å². The van der Waals surface area contributed by atoms with Gasteiger partial charge in [0.1, 0.15) is 5.75 Å². The van der Waals surface area contributed by atoms with E-state index in [9.17, 15) is 4.79 Å². The normalized spacial score (nSPS) is 10.0. The van der Waals surface area contributed by atoms with Crippen molar-refractivity contribution in [2.75, 3.05) is 24.3 Å². The first-order valence-corrected chi connectivity index (χ1v) is 6.91. The lowest BCUT2D eigenvalue weighted by molar-refractivity contribution is -0.114. The second-order valence-corrected chi connectivity index (χ2v) is 4.99. The van der Waals surface area contributed by atoms with E-state index in [1.807, 2.05) is 43.3 Å². The highest BCUT2D eigenvalue weighted by atomic mass is 35.5. The molecule has 2 rings (SSSR count). The molecule has 0 aliphatic rings. The molecular weight excluding hydrogens is 288 g/mol. The van der Waals surface area contributed by atoms with E-state index in [1.165, 1.54) is 0 Å². The fourth-order valence-corrected chi connectivity index (χ4v) is 2.16. The van der Waals surface area contributed by atoms with Gasteiger partial charge >= 0.3 is 0 Å². The molecule has 2 N–H and O–H groups in total. The lowest BCUT2D eigenvalue weighted by Crippen LogP contribution is -2.22. The van der Waals surface area contributed by atoms with E-state index in [0.717, 1.165) is 11.3 Å². The Morgan fingerprint density at radius 1 is 1.19 bits per heavy atom. The number of nitrogens with one attached hydrogen (secondary N) is 2. The van der Waals surface area contributed by atoms with Crippen molar-refractivity contribution in [1.82, 2.24) is 0 Å². The van der Waals surface area contributed by atoms with Crippen molar-refractivity contribution in [3.63, 3.8) is 0 Å². The first kappa shape index (κ1) is 15.2. The van der Waals surface area contributed by atoms with E-state index >= 15 is 0 Å². The highest BCUT2D eigenvalue weighted by Gasteiger charge is 2.07. The maximum Gasteiger partial charge on any atom is 0.243 e. The quantitative estimate of drug-likeness (QED) is 0.885. The maximum atomic E-state index is 11.9. The average Bonchev–Trinajstić information content (AvgIpc) is 2.48. The molecule has 4 nitrogen and oxygen atoms in total. The van der Waals surface area contributed by atoms with Crippen molar-refractivity contribution in [3.05, 3.63) is 53.1 Å². The minimum Gasteiger partial charge on any atom is -0.495 e. The Hall–Kier alpha value is -2.20. The minimum atomic E-state index is -0.174. The van der Waals surface area contributed by atoms with Crippen molar-refractivity contribution in [2.45, 2.75) is 6.92 Å². The Balaban J connectivity index is 1.96.